The Bertz CT molecular complexity index is 653. The van der Waals surface area contributed by atoms with Crippen LogP contribution in [0.5, 0.6) is 5.75 Å². The number of benzene rings is 1. The molecule has 0 aromatic heterocycles. The molecule has 1 heterocycles. The molecule has 2 rings (SSSR count). The number of amides is 3. The number of carbonyl (C=O) groups is 3. The van der Waals surface area contributed by atoms with Crippen LogP contribution in [0.15, 0.2) is 29.2 Å². The van der Waals surface area contributed by atoms with Gasteiger partial charge in [0.1, 0.15) is 12.3 Å². The van der Waals surface area contributed by atoms with Gasteiger partial charge >= 0.3 is 0 Å². The van der Waals surface area contributed by atoms with Crippen LogP contribution in [0.25, 0.3) is 6.08 Å². The van der Waals surface area contributed by atoms with E-state index in [0.29, 0.717) is 18.0 Å². The third kappa shape index (κ3) is 4.59. The maximum absolute atomic E-state index is 12.2. The Labute approximate surface area is 138 Å². The number of hydrogen-bond donors (Lipinski definition) is 2. The van der Waals surface area contributed by atoms with Crippen molar-refractivity contribution in [3.05, 3.63) is 34.7 Å². The lowest BCUT2D eigenvalue weighted by Crippen LogP contribution is -2.40. The summed E-state index contributed by atoms with van der Waals surface area (Å²) in [5.74, 6) is -0.417. The molecular weight excluding hydrogens is 316 g/mol. The zero-order chi connectivity index (χ0) is 17.0. The molecule has 1 fully saturated rings. The van der Waals surface area contributed by atoms with Crippen LogP contribution >= 0.6 is 11.8 Å². The molecular formula is C16H18N2O4S. The van der Waals surface area contributed by atoms with Crippen molar-refractivity contribution >= 4 is 34.9 Å². The predicted octanol–water partition coefficient (Wildman–Crippen LogP) is 2.20. The standard InChI is InChI=1S/C16H18N2O4S/c1-10(2)8-17-14(20)9-18-15(21)13(23-16(18)22)7-11-3-5-12(19)6-4-11/h3-7,10,19H,8-9H2,1-2H3,(H,17,20)/b13-7-. The smallest absolute Gasteiger partial charge is 0.294 e. The number of imide groups is 1. The number of hydrogen-bond acceptors (Lipinski definition) is 5. The third-order valence-corrected chi connectivity index (χ3v) is 3.98. The number of thioether (sulfide) groups is 1. The molecule has 23 heavy (non-hydrogen) atoms. The maximum atomic E-state index is 12.2. The highest BCUT2D eigenvalue weighted by atomic mass is 32.2. The summed E-state index contributed by atoms with van der Waals surface area (Å²) in [6.07, 6.45) is 1.57. The van der Waals surface area contributed by atoms with Crippen molar-refractivity contribution in [2.24, 2.45) is 5.92 Å². The van der Waals surface area contributed by atoms with Gasteiger partial charge < -0.3 is 10.4 Å². The van der Waals surface area contributed by atoms with Crippen molar-refractivity contribution in [2.75, 3.05) is 13.1 Å². The van der Waals surface area contributed by atoms with Crippen LogP contribution in [0.4, 0.5) is 4.79 Å². The molecule has 0 radical (unpaired) electrons. The normalized spacial score (nSPS) is 16.5. The van der Waals surface area contributed by atoms with E-state index >= 15 is 0 Å². The Hall–Kier alpha value is -2.28. The highest BCUT2D eigenvalue weighted by molar-refractivity contribution is 8.18. The topological polar surface area (TPSA) is 86.7 Å². The van der Waals surface area contributed by atoms with Crippen LogP contribution in [0.3, 0.4) is 0 Å². The molecule has 0 spiro atoms. The minimum Gasteiger partial charge on any atom is -0.508 e. The highest BCUT2D eigenvalue weighted by Crippen LogP contribution is 2.32. The van der Waals surface area contributed by atoms with Gasteiger partial charge in [-0.05, 0) is 41.5 Å². The maximum Gasteiger partial charge on any atom is 0.294 e. The van der Waals surface area contributed by atoms with Crippen LogP contribution < -0.4 is 5.32 Å². The van der Waals surface area contributed by atoms with Gasteiger partial charge in [-0.3, -0.25) is 19.3 Å². The van der Waals surface area contributed by atoms with Crippen molar-refractivity contribution < 1.29 is 19.5 Å². The van der Waals surface area contributed by atoms with E-state index in [4.69, 9.17) is 0 Å². The summed E-state index contributed by atoms with van der Waals surface area (Å²) in [7, 11) is 0. The minimum atomic E-state index is -0.479. The molecule has 0 saturated carbocycles. The van der Waals surface area contributed by atoms with E-state index in [2.05, 4.69) is 5.32 Å². The van der Waals surface area contributed by atoms with E-state index in [0.717, 1.165) is 16.7 Å². The Morgan fingerprint density at radius 2 is 1.96 bits per heavy atom. The number of phenolic OH excluding ortho intramolecular Hbond substituents is 1. The van der Waals surface area contributed by atoms with Gasteiger partial charge in [0.05, 0.1) is 4.91 Å². The minimum absolute atomic E-state index is 0.122. The van der Waals surface area contributed by atoms with Crippen molar-refractivity contribution in [1.82, 2.24) is 10.2 Å². The molecule has 122 valence electrons. The molecule has 3 amide bonds. The van der Waals surface area contributed by atoms with Gasteiger partial charge in [-0.2, -0.15) is 0 Å². The molecule has 0 atom stereocenters. The summed E-state index contributed by atoms with van der Waals surface area (Å²) < 4.78 is 0. The molecule has 6 nitrogen and oxygen atoms in total. The number of phenols is 1. The fraction of sp³-hybridized carbons (Fsp3) is 0.312. The van der Waals surface area contributed by atoms with Gasteiger partial charge in [0.25, 0.3) is 11.1 Å². The van der Waals surface area contributed by atoms with Crippen molar-refractivity contribution in [1.29, 1.82) is 0 Å². The first-order valence-corrected chi connectivity index (χ1v) is 7.99. The molecule has 0 bridgehead atoms. The van der Waals surface area contributed by atoms with E-state index in [9.17, 15) is 19.5 Å². The molecule has 1 aromatic rings. The molecule has 1 aliphatic heterocycles. The van der Waals surface area contributed by atoms with Gasteiger partial charge in [-0.15, -0.1) is 0 Å². The van der Waals surface area contributed by atoms with Crippen molar-refractivity contribution in [3.63, 3.8) is 0 Å². The molecule has 7 heteroatoms. The fourth-order valence-electron chi connectivity index (χ4n) is 1.88. The first-order valence-electron chi connectivity index (χ1n) is 7.18. The average Bonchev–Trinajstić information content (AvgIpc) is 2.75. The quantitative estimate of drug-likeness (QED) is 0.806. The lowest BCUT2D eigenvalue weighted by atomic mass is 10.2. The zero-order valence-corrected chi connectivity index (χ0v) is 13.7. The van der Waals surface area contributed by atoms with Crippen LogP contribution in [0.1, 0.15) is 19.4 Å². The van der Waals surface area contributed by atoms with Gasteiger partial charge in [0, 0.05) is 6.54 Å². The van der Waals surface area contributed by atoms with Crippen molar-refractivity contribution in [3.8, 4) is 5.75 Å². The summed E-state index contributed by atoms with van der Waals surface area (Å²) in [5, 5.41) is 11.5. The SMILES string of the molecule is CC(C)CNC(=O)CN1C(=O)S/C(=C\c2ccc(O)cc2)C1=O. The van der Waals surface area contributed by atoms with E-state index in [1.807, 2.05) is 13.8 Å². The lowest BCUT2D eigenvalue weighted by Gasteiger charge is -2.13. The molecule has 2 N–H and O–H groups in total. The zero-order valence-electron chi connectivity index (χ0n) is 12.9. The summed E-state index contributed by atoms with van der Waals surface area (Å²) >= 11 is 0.803. The Kier molecular flexibility index (Phi) is 5.44. The Morgan fingerprint density at radius 1 is 1.30 bits per heavy atom. The Balaban J connectivity index is 2.04. The molecule has 1 saturated heterocycles. The second kappa shape index (κ2) is 7.32. The largest absolute Gasteiger partial charge is 0.508 e. The van der Waals surface area contributed by atoms with Gasteiger partial charge in [0.15, 0.2) is 0 Å². The molecule has 0 aliphatic carbocycles. The summed E-state index contributed by atoms with van der Waals surface area (Å²) in [4.78, 5) is 37.1. The molecule has 1 aliphatic rings. The van der Waals surface area contributed by atoms with Crippen LogP contribution in [0.2, 0.25) is 0 Å². The van der Waals surface area contributed by atoms with E-state index in [1.165, 1.54) is 12.1 Å². The lowest BCUT2D eigenvalue weighted by molar-refractivity contribution is -0.129. The van der Waals surface area contributed by atoms with E-state index < -0.39 is 11.1 Å². The van der Waals surface area contributed by atoms with Crippen LogP contribution in [-0.4, -0.2) is 40.1 Å². The third-order valence-electron chi connectivity index (χ3n) is 3.07. The molecule has 1 aromatic carbocycles. The monoisotopic (exact) mass is 334 g/mol. The second-order valence-electron chi connectivity index (χ2n) is 5.56. The summed E-state index contributed by atoms with van der Waals surface area (Å²) in [5.41, 5.74) is 0.692. The predicted molar refractivity (Wildman–Crippen MR) is 88.6 cm³/mol. The number of carbonyl (C=O) groups excluding carboxylic acids is 3. The van der Waals surface area contributed by atoms with Crippen LogP contribution in [-0.2, 0) is 9.59 Å². The first kappa shape index (κ1) is 17.1. The summed E-state index contributed by atoms with van der Waals surface area (Å²) in [6.45, 7) is 4.14. The van der Waals surface area contributed by atoms with E-state index in [1.54, 1.807) is 18.2 Å². The Morgan fingerprint density at radius 3 is 2.57 bits per heavy atom. The second-order valence-corrected chi connectivity index (χ2v) is 6.55. The van der Waals surface area contributed by atoms with Gasteiger partial charge in [-0.25, -0.2) is 0 Å². The molecule has 0 unspecified atom stereocenters. The average molecular weight is 334 g/mol. The highest BCUT2D eigenvalue weighted by Gasteiger charge is 2.36. The number of nitrogens with one attached hydrogen (secondary N) is 1. The first-order chi connectivity index (χ1) is 10.9. The van der Waals surface area contributed by atoms with E-state index in [-0.39, 0.29) is 23.1 Å². The van der Waals surface area contributed by atoms with Crippen molar-refractivity contribution in [2.45, 2.75) is 13.8 Å². The summed E-state index contributed by atoms with van der Waals surface area (Å²) in [6, 6.07) is 6.27. The van der Waals surface area contributed by atoms with Gasteiger partial charge in [-0.1, -0.05) is 26.0 Å². The number of rotatable bonds is 5. The van der Waals surface area contributed by atoms with Gasteiger partial charge in [0.2, 0.25) is 5.91 Å². The number of nitrogens with zero attached hydrogens (tertiary/aromatic N) is 1. The van der Waals surface area contributed by atoms with Crippen LogP contribution in [0, 0.1) is 5.92 Å². The number of aromatic hydroxyl groups is 1. The fourth-order valence-corrected chi connectivity index (χ4v) is 2.71.